The van der Waals surface area contributed by atoms with E-state index < -0.39 is 5.54 Å². The fourth-order valence-corrected chi connectivity index (χ4v) is 2.28. The molecule has 1 aliphatic rings. The SMILES string of the molecule is CC(CO)(NCC1CCCO1)c1ccc(Br)o1. The molecule has 2 unspecified atom stereocenters. The lowest BCUT2D eigenvalue weighted by Crippen LogP contribution is -2.45. The molecule has 17 heavy (non-hydrogen) atoms. The van der Waals surface area contributed by atoms with Gasteiger partial charge >= 0.3 is 0 Å². The van der Waals surface area contributed by atoms with Gasteiger partial charge in [-0.25, -0.2) is 0 Å². The highest BCUT2D eigenvalue weighted by molar-refractivity contribution is 9.10. The molecule has 0 aromatic carbocycles. The Kier molecular flexibility index (Phi) is 4.25. The van der Waals surface area contributed by atoms with E-state index in [1.807, 2.05) is 19.1 Å². The first-order valence-corrected chi connectivity index (χ1v) is 6.67. The van der Waals surface area contributed by atoms with E-state index in [1.54, 1.807) is 0 Å². The van der Waals surface area contributed by atoms with Gasteiger partial charge in [0.15, 0.2) is 4.67 Å². The highest BCUT2D eigenvalue weighted by Gasteiger charge is 2.30. The van der Waals surface area contributed by atoms with E-state index in [0.717, 1.165) is 31.8 Å². The summed E-state index contributed by atoms with van der Waals surface area (Å²) >= 11 is 3.27. The quantitative estimate of drug-likeness (QED) is 0.874. The summed E-state index contributed by atoms with van der Waals surface area (Å²) < 4.78 is 11.7. The second-order valence-corrected chi connectivity index (χ2v) is 5.39. The molecule has 1 aromatic rings. The van der Waals surface area contributed by atoms with Gasteiger partial charge in [-0.15, -0.1) is 0 Å². The van der Waals surface area contributed by atoms with Crippen molar-refractivity contribution in [3.8, 4) is 0 Å². The lowest BCUT2D eigenvalue weighted by Gasteiger charge is -2.28. The Labute approximate surface area is 109 Å². The molecule has 0 spiro atoms. The van der Waals surface area contributed by atoms with Gasteiger partial charge in [0.05, 0.1) is 18.2 Å². The molecule has 4 nitrogen and oxygen atoms in total. The van der Waals surface area contributed by atoms with Gasteiger partial charge < -0.3 is 19.6 Å². The zero-order valence-corrected chi connectivity index (χ0v) is 11.5. The largest absolute Gasteiger partial charge is 0.452 e. The van der Waals surface area contributed by atoms with Crippen molar-refractivity contribution in [1.82, 2.24) is 5.32 Å². The van der Waals surface area contributed by atoms with Crippen molar-refractivity contribution in [3.63, 3.8) is 0 Å². The molecule has 96 valence electrons. The van der Waals surface area contributed by atoms with Crippen LogP contribution < -0.4 is 5.32 Å². The number of aliphatic hydroxyl groups excluding tert-OH is 1. The third-order valence-corrected chi connectivity index (χ3v) is 3.60. The predicted octanol–water partition coefficient (Wildman–Crippen LogP) is 2.02. The maximum atomic E-state index is 9.54. The van der Waals surface area contributed by atoms with E-state index in [1.165, 1.54) is 0 Å². The van der Waals surface area contributed by atoms with Crippen LogP contribution in [0.2, 0.25) is 0 Å². The summed E-state index contributed by atoms with van der Waals surface area (Å²) in [6.45, 7) is 3.48. The molecule has 0 radical (unpaired) electrons. The summed E-state index contributed by atoms with van der Waals surface area (Å²) in [7, 11) is 0. The molecule has 0 aliphatic carbocycles. The minimum atomic E-state index is -0.558. The Bertz CT molecular complexity index is 362. The first-order valence-electron chi connectivity index (χ1n) is 5.87. The fraction of sp³-hybridized carbons (Fsp3) is 0.667. The van der Waals surface area contributed by atoms with Gasteiger partial charge in [-0.1, -0.05) is 0 Å². The lowest BCUT2D eigenvalue weighted by molar-refractivity contribution is 0.0854. The highest BCUT2D eigenvalue weighted by Crippen LogP contribution is 2.25. The number of aliphatic hydroxyl groups is 1. The average Bonchev–Trinajstić information content (AvgIpc) is 2.97. The second kappa shape index (κ2) is 5.52. The van der Waals surface area contributed by atoms with E-state index in [2.05, 4.69) is 21.2 Å². The zero-order chi connectivity index (χ0) is 12.3. The summed E-state index contributed by atoms with van der Waals surface area (Å²) in [4.78, 5) is 0. The van der Waals surface area contributed by atoms with Gasteiger partial charge in [0, 0.05) is 13.2 Å². The molecule has 2 N–H and O–H groups in total. The molecular weight excluding hydrogens is 286 g/mol. The van der Waals surface area contributed by atoms with Crippen molar-refractivity contribution in [2.75, 3.05) is 19.8 Å². The summed E-state index contributed by atoms with van der Waals surface area (Å²) in [6.07, 6.45) is 2.45. The van der Waals surface area contributed by atoms with Crippen molar-refractivity contribution in [1.29, 1.82) is 0 Å². The number of ether oxygens (including phenoxy) is 1. The minimum Gasteiger partial charge on any atom is -0.452 e. The lowest BCUT2D eigenvalue weighted by atomic mass is 10.00. The van der Waals surface area contributed by atoms with Crippen molar-refractivity contribution >= 4 is 15.9 Å². The summed E-state index contributed by atoms with van der Waals surface area (Å²) in [5.74, 6) is 0.727. The number of rotatable bonds is 5. The molecule has 2 heterocycles. The van der Waals surface area contributed by atoms with Gasteiger partial charge in [-0.2, -0.15) is 0 Å². The van der Waals surface area contributed by atoms with Crippen LogP contribution in [-0.4, -0.2) is 31.0 Å². The minimum absolute atomic E-state index is 0.0142. The summed E-state index contributed by atoms with van der Waals surface area (Å²) in [6, 6.07) is 3.69. The molecule has 2 rings (SSSR count). The molecule has 2 atom stereocenters. The zero-order valence-electron chi connectivity index (χ0n) is 9.91. The van der Waals surface area contributed by atoms with E-state index >= 15 is 0 Å². The predicted molar refractivity (Wildman–Crippen MR) is 67.8 cm³/mol. The maximum absolute atomic E-state index is 9.54. The first kappa shape index (κ1) is 13.1. The average molecular weight is 304 g/mol. The van der Waals surface area contributed by atoms with E-state index in [-0.39, 0.29) is 12.7 Å². The van der Waals surface area contributed by atoms with Crippen molar-refractivity contribution in [3.05, 3.63) is 22.6 Å². The Morgan fingerprint density at radius 3 is 2.94 bits per heavy atom. The van der Waals surface area contributed by atoms with Crippen molar-refractivity contribution in [2.45, 2.75) is 31.4 Å². The molecule has 1 saturated heterocycles. The molecule has 5 heteroatoms. The third-order valence-electron chi connectivity index (χ3n) is 3.18. The van der Waals surface area contributed by atoms with Crippen LogP contribution in [0.4, 0.5) is 0 Å². The van der Waals surface area contributed by atoms with Gasteiger partial charge in [0.2, 0.25) is 0 Å². The first-order chi connectivity index (χ1) is 8.14. The molecule has 0 bridgehead atoms. The monoisotopic (exact) mass is 303 g/mol. The Morgan fingerprint density at radius 1 is 1.59 bits per heavy atom. The summed E-state index contributed by atoms with van der Waals surface area (Å²) in [5.41, 5.74) is -0.558. The van der Waals surface area contributed by atoms with E-state index in [4.69, 9.17) is 9.15 Å². The standard InChI is InChI=1S/C12H18BrNO3/c1-12(8-15,10-4-5-11(13)17-10)14-7-9-3-2-6-16-9/h4-5,9,14-15H,2-3,6-8H2,1H3. The third kappa shape index (κ3) is 3.10. The van der Waals surface area contributed by atoms with Gasteiger partial charge in [0.25, 0.3) is 0 Å². The molecular formula is C12H18BrNO3. The van der Waals surface area contributed by atoms with Crippen LogP contribution in [0.5, 0.6) is 0 Å². The number of hydrogen-bond donors (Lipinski definition) is 2. The Morgan fingerprint density at radius 2 is 2.41 bits per heavy atom. The Hall–Kier alpha value is -0.360. The van der Waals surface area contributed by atoms with Crippen molar-refractivity contribution in [2.24, 2.45) is 0 Å². The van der Waals surface area contributed by atoms with Crippen LogP contribution in [0, 0.1) is 0 Å². The normalized spacial score (nSPS) is 23.8. The molecule has 1 fully saturated rings. The smallest absolute Gasteiger partial charge is 0.169 e. The Balaban J connectivity index is 1.98. The van der Waals surface area contributed by atoms with Crippen LogP contribution in [0.3, 0.4) is 0 Å². The van der Waals surface area contributed by atoms with Crippen molar-refractivity contribution < 1.29 is 14.3 Å². The van der Waals surface area contributed by atoms with E-state index in [0.29, 0.717) is 4.67 Å². The van der Waals surface area contributed by atoms with Crippen LogP contribution in [0.25, 0.3) is 0 Å². The molecule has 1 aromatic heterocycles. The number of hydrogen-bond acceptors (Lipinski definition) is 4. The van der Waals surface area contributed by atoms with Crippen LogP contribution in [0.1, 0.15) is 25.5 Å². The van der Waals surface area contributed by atoms with Crippen LogP contribution in [-0.2, 0) is 10.3 Å². The van der Waals surface area contributed by atoms with Crippen LogP contribution in [0.15, 0.2) is 21.2 Å². The van der Waals surface area contributed by atoms with Gasteiger partial charge in [-0.3, -0.25) is 0 Å². The maximum Gasteiger partial charge on any atom is 0.169 e. The molecule has 1 aliphatic heterocycles. The molecule has 0 amide bonds. The second-order valence-electron chi connectivity index (χ2n) is 4.61. The van der Waals surface area contributed by atoms with Crippen LogP contribution >= 0.6 is 15.9 Å². The fourth-order valence-electron chi connectivity index (χ4n) is 1.98. The summed E-state index contributed by atoms with van der Waals surface area (Å²) in [5, 5.41) is 12.9. The van der Waals surface area contributed by atoms with Gasteiger partial charge in [0.1, 0.15) is 5.76 Å². The van der Waals surface area contributed by atoms with E-state index in [9.17, 15) is 5.11 Å². The number of halogens is 1. The topological polar surface area (TPSA) is 54.6 Å². The highest BCUT2D eigenvalue weighted by atomic mass is 79.9. The molecule has 0 saturated carbocycles. The van der Waals surface area contributed by atoms with Gasteiger partial charge in [-0.05, 0) is 47.8 Å². The number of nitrogens with one attached hydrogen (secondary N) is 1. The number of furan rings is 1.